The van der Waals surface area contributed by atoms with Crippen molar-refractivity contribution in [2.45, 2.75) is 31.2 Å². The monoisotopic (exact) mass is 520 g/mol. The van der Waals surface area contributed by atoms with Crippen LogP contribution in [0.1, 0.15) is 39.1 Å². The molecule has 2 aliphatic heterocycles. The minimum atomic E-state index is -1.17. The largest absolute Gasteiger partial charge is 0.353 e. The molecule has 8 nitrogen and oxygen atoms in total. The average molecular weight is 521 g/mol. The van der Waals surface area contributed by atoms with Gasteiger partial charge in [0.1, 0.15) is 23.4 Å². The van der Waals surface area contributed by atoms with Crippen LogP contribution in [0, 0.1) is 11.6 Å². The van der Waals surface area contributed by atoms with Crippen LogP contribution in [0.2, 0.25) is 0 Å². The third-order valence-corrected chi connectivity index (χ3v) is 6.98. The number of amides is 3. The van der Waals surface area contributed by atoms with Crippen LogP contribution in [-0.4, -0.2) is 64.0 Å². The van der Waals surface area contributed by atoms with Crippen LogP contribution >= 0.6 is 0 Å². The van der Waals surface area contributed by atoms with Crippen LogP contribution in [-0.2, 0) is 16.1 Å². The first kappa shape index (κ1) is 25.5. The normalized spacial score (nSPS) is 18.4. The minimum Gasteiger partial charge on any atom is -0.353 e. The molecular formula is C28H26F2N4O4. The van der Waals surface area contributed by atoms with E-state index in [1.807, 2.05) is 6.07 Å². The second-order valence-electron chi connectivity index (χ2n) is 9.31. The SMILES string of the molecule is O=C(NCc1cccnc1)[C@@H]1COC2(CCN(C(=O)c3ccccc3F)CC2)N1C(=O)c1cccc(F)c1. The van der Waals surface area contributed by atoms with Gasteiger partial charge in [-0.3, -0.25) is 24.3 Å². The summed E-state index contributed by atoms with van der Waals surface area (Å²) in [5, 5.41) is 2.83. The van der Waals surface area contributed by atoms with Gasteiger partial charge in [0.2, 0.25) is 5.91 Å². The summed E-state index contributed by atoms with van der Waals surface area (Å²) in [6, 6.07) is 13.6. The molecule has 10 heteroatoms. The standard InChI is InChI=1S/C28H26F2N4O4/c29-21-7-3-6-20(15-21)26(36)34-24(25(35)32-17-19-5-4-12-31-16-19)18-38-28(34)10-13-33(14-11-28)27(37)22-8-1-2-9-23(22)30/h1-9,12,15-16,24H,10-11,13-14,17-18H2,(H,32,35)/t24-/m0/s1. The highest BCUT2D eigenvalue weighted by atomic mass is 19.1. The quantitative estimate of drug-likeness (QED) is 0.558. The van der Waals surface area contributed by atoms with Crippen molar-refractivity contribution in [1.82, 2.24) is 20.1 Å². The van der Waals surface area contributed by atoms with Crippen LogP contribution in [0.4, 0.5) is 8.78 Å². The molecule has 0 saturated carbocycles. The van der Waals surface area contributed by atoms with Gasteiger partial charge < -0.3 is 15.0 Å². The number of hydrogen-bond acceptors (Lipinski definition) is 5. The summed E-state index contributed by atoms with van der Waals surface area (Å²) in [5.74, 6) is -2.60. The lowest BCUT2D eigenvalue weighted by atomic mass is 9.96. The lowest BCUT2D eigenvalue weighted by Gasteiger charge is -2.44. The number of rotatable bonds is 5. The molecular weight excluding hydrogens is 494 g/mol. The van der Waals surface area contributed by atoms with E-state index in [4.69, 9.17) is 4.74 Å². The third kappa shape index (κ3) is 4.99. The maximum absolute atomic E-state index is 14.2. The number of hydrogen-bond donors (Lipinski definition) is 1. The molecule has 2 saturated heterocycles. The van der Waals surface area contributed by atoms with Crippen molar-refractivity contribution in [1.29, 1.82) is 0 Å². The Morgan fingerprint density at radius 2 is 1.79 bits per heavy atom. The van der Waals surface area contributed by atoms with Crippen molar-refractivity contribution >= 4 is 17.7 Å². The lowest BCUT2D eigenvalue weighted by molar-refractivity contribution is -0.128. The molecule has 5 rings (SSSR count). The Labute approximate surface area is 218 Å². The molecule has 2 fully saturated rings. The van der Waals surface area contributed by atoms with Gasteiger partial charge in [0, 0.05) is 50.4 Å². The number of likely N-dealkylation sites (tertiary alicyclic amines) is 1. The molecule has 1 aromatic heterocycles. The Balaban J connectivity index is 1.37. The van der Waals surface area contributed by atoms with Gasteiger partial charge in [-0.2, -0.15) is 0 Å². The van der Waals surface area contributed by atoms with Crippen molar-refractivity contribution < 1.29 is 27.9 Å². The summed E-state index contributed by atoms with van der Waals surface area (Å²) in [7, 11) is 0. The Kier molecular flexibility index (Phi) is 7.15. The number of pyridine rings is 1. The maximum atomic E-state index is 14.2. The molecule has 0 unspecified atom stereocenters. The molecule has 3 aromatic rings. The van der Waals surface area contributed by atoms with Gasteiger partial charge in [-0.05, 0) is 42.0 Å². The summed E-state index contributed by atoms with van der Waals surface area (Å²) >= 11 is 0. The van der Waals surface area contributed by atoms with Gasteiger partial charge in [0.25, 0.3) is 11.8 Å². The summed E-state index contributed by atoms with van der Waals surface area (Å²) in [6.07, 6.45) is 3.68. The van der Waals surface area contributed by atoms with E-state index >= 15 is 0 Å². The van der Waals surface area contributed by atoms with Crippen LogP contribution in [0.5, 0.6) is 0 Å². The molecule has 1 spiro atoms. The number of benzene rings is 2. The van der Waals surface area contributed by atoms with E-state index in [9.17, 15) is 23.2 Å². The van der Waals surface area contributed by atoms with E-state index in [0.29, 0.717) is 0 Å². The van der Waals surface area contributed by atoms with Crippen LogP contribution in [0.15, 0.2) is 73.1 Å². The first-order valence-corrected chi connectivity index (χ1v) is 12.3. The van der Waals surface area contributed by atoms with Crippen molar-refractivity contribution in [3.05, 3.63) is 101 Å². The summed E-state index contributed by atoms with van der Waals surface area (Å²) in [4.78, 5) is 46.8. The molecule has 196 valence electrons. The van der Waals surface area contributed by atoms with Crippen molar-refractivity contribution in [2.75, 3.05) is 19.7 Å². The van der Waals surface area contributed by atoms with Gasteiger partial charge in [0.05, 0.1) is 12.2 Å². The Morgan fingerprint density at radius 3 is 2.50 bits per heavy atom. The van der Waals surface area contributed by atoms with Gasteiger partial charge in [-0.25, -0.2) is 8.78 Å². The fourth-order valence-corrected chi connectivity index (χ4v) is 5.00. The topological polar surface area (TPSA) is 91.8 Å². The van der Waals surface area contributed by atoms with E-state index in [1.54, 1.807) is 24.5 Å². The molecule has 2 aliphatic rings. The molecule has 1 atom stereocenters. The number of aromatic nitrogens is 1. The predicted molar refractivity (Wildman–Crippen MR) is 133 cm³/mol. The van der Waals surface area contributed by atoms with E-state index in [1.165, 1.54) is 46.2 Å². The van der Waals surface area contributed by atoms with Gasteiger partial charge in [0.15, 0.2) is 0 Å². The molecule has 1 N–H and O–H groups in total. The van der Waals surface area contributed by atoms with E-state index in [0.717, 1.165) is 11.6 Å². The number of nitrogens with zero attached hydrogens (tertiary/aromatic N) is 3. The Hall–Kier alpha value is -4.18. The highest BCUT2D eigenvalue weighted by Gasteiger charge is 2.54. The smallest absolute Gasteiger partial charge is 0.256 e. The maximum Gasteiger partial charge on any atom is 0.256 e. The number of piperidine rings is 1. The second kappa shape index (κ2) is 10.7. The van der Waals surface area contributed by atoms with Crippen molar-refractivity contribution in [2.24, 2.45) is 0 Å². The number of carbonyl (C=O) groups excluding carboxylic acids is 3. The predicted octanol–water partition coefficient (Wildman–Crippen LogP) is 3.15. The summed E-state index contributed by atoms with van der Waals surface area (Å²) in [5.41, 5.74) is -0.329. The Morgan fingerprint density at radius 1 is 1.00 bits per heavy atom. The summed E-state index contributed by atoms with van der Waals surface area (Å²) < 4.78 is 34.3. The van der Waals surface area contributed by atoms with Gasteiger partial charge in [-0.15, -0.1) is 0 Å². The van der Waals surface area contributed by atoms with Crippen LogP contribution in [0.3, 0.4) is 0 Å². The van der Waals surface area contributed by atoms with Crippen molar-refractivity contribution in [3.63, 3.8) is 0 Å². The van der Waals surface area contributed by atoms with E-state index in [2.05, 4.69) is 10.3 Å². The number of carbonyl (C=O) groups is 3. The fraction of sp³-hybridized carbons (Fsp3) is 0.286. The minimum absolute atomic E-state index is 0.0314. The molecule has 38 heavy (non-hydrogen) atoms. The zero-order valence-electron chi connectivity index (χ0n) is 20.5. The molecule has 0 aliphatic carbocycles. The van der Waals surface area contributed by atoms with E-state index in [-0.39, 0.29) is 50.2 Å². The number of nitrogens with one attached hydrogen (secondary N) is 1. The average Bonchev–Trinajstić information content (AvgIpc) is 3.30. The Bertz CT molecular complexity index is 1350. The lowest BCUT2D eigenvalue weighted by Crippen LogP contribution is -2.59. The molecule has 2 aromatic carbocycles. The van der Waals surface area contributed by atoms with E-state index < -0.39 is 41.1 Å². The molecule has 3 heterocycles. The highest BCUT2D eigenvalue weighted by Crippen LogP contribution is 2.39. The first-order valence-electron chi connectivity index (χ1n) is 12.3. The van der Waals surface area contributed by atoms with Gasteiger partial charge in [-0.1, -0.05) is 24.3 Å². The molecule has 0 bridgehead atoms. The second-order valence-corrected chi connectivity index (χ2v) is 9.31. The fourth-order valence-electron chi connectivity index (χ4n) is 5.00. The third-order valence-electron chi connectivity index (χ3n) is 6.98. The van der Waals surface area contributed by atoms with Crippen molar-refractivity contribution in [3.8, 4) is 0 Å². The zero-order valence-corrected chi connectivity index (χ0v) is 20.5. The molecule has 3 amide bonds. The van der Waals surface area contributed by atoms with Gasteiger partial charge >= 0.3 is 0 Å². The summed E-state index contributed by atoms with van der Waals surface area (Å²) in [6.45, 7) is 0.526. The number of ether oxygens (including phenoxy) is 1. The molecule has 0 radical (unpaired) electrons. The number of halogens is 2. The highest BCUT2D eigenvalue weighted by molar-refractivity contribution is 5.98. The van der Waals surface area contributed by atoms with Crippen LogP contribution in [0.25, 0.3) is 0 Å². The van der Waals surface area contributed by atoms with Crippen LogP contribution < -0.4 is 5.32 Å². The zero-order chi connectivity index (χ0) is 26.7. The first-order chi connectivity index (χ1) is 18.4.